The third-order valence-electron chi connectivity index (χ3n) is 5.96. The summed E-state index contributed by atoms with van der Waals surface area (Å²) in [4.78, 5) is 28.3. The van der Waals surface area contributed by atoms with Gasteiger partial charge in [0.2, 0.25) is 11.8 Å². The van der Waals surface area contributed by atoms with E-state index in [1.165, 1.54) is 0 Å². The monoisotopic (exact) mass is 437 g/mol. The van der Waals surface area contributed by atoms with E-state index in [0.29, 0.717) is 43.3 Å². The van der Waals surface area contributed by atoms with E-state index in [1.54, 1.807) is 11.3 Å². The minimum Gasteiger partial charge on any atom is -0.420 e. The zero-order valence-corrected chi connectivity index (χ0v) is 17.9. The molecule has 3 aromatic rings. The van der Waals surface area contributed by atoms with Gasteiger partial charge in [0.25, 0.3) is 11.8 Å². The van der Waals surface area contributed by atoms with Crippen LogP contribution in [0.5, 0.6) is 0 Å². The Bertz CT molecular complexity index is 1100. The molecule has 0 bridgehead atoms. The lowest BCUT2D eigenvalue weighted by atomic mass is 10.0. The summed E-state index contributed by atoms with van der Waals surface area (Å²) in [6, 6.07) is 11.1. The first-order chi connectivity index (χ1) is 15.1. The van der Waals surface area contributed by atoms with Gasteiger partial charge in [-0.3, -0.25) is 14.5 Å². The molecule has 2 N–H and O–H groups in total. The van der Waals surface area contributed by atoms with Crippen LogP contribution in [-0.2, 0) is 11.2 Å². The van der Waals surface area contributed by atoms with Crippen molar-refractivity contribution in [2.45, 2.75) is 37.9 Å². The summed E-state index contributed by atoms with van der Waals surface area (Å²) in [6.07, 6.45) is 1.14. The van der Waals surface area contributed by atoms with Crippen molar-refractivity contribution < 1.29 is 14.0 Å². The van der Waals surface area contributed by atoms with Crippen LogP contribution in [-0.4, -0.2) is 58.1 Å². The summed E-state index contributed by atoms with van der Waals surface area (Å²) in [5.74, 6) is 0.980. The molecule has 3 atom stereocenters. The van der Waals surface area contributed by atoms with Gasteiger partial charge in [-0.05, 0) is 36.4 Å². The predicted octanol–water partition coefficient (Wildman–Crippen LogP) is 2.02. The molecular formula is C22H23N5O3S. The second kappa shape index (κ2) is 8.24. The summed E-state index contributed by atoms with van der Waals surface area (Å²) in [6.45, 7) is 3.06. The molecule has 9 heteroatoms. The van der Waals surface area contributed by atoms with E-state index < -0.39 is 0 Å². The van der Waals surface area contributed by atoms with Crippen molar-refractivity contribution in [3.05, 3.63) is 58.8 Å². The molecule has 0 radical (unpaired) electrons. The molecule has 2 saturated heterocycles. The Morgan fingerprint density at radius 2 is 2.16 bits per heavy atom. The highest BCUT2D eigenvalue weighted by atomic mass is 32.1. The number of piperazine rings is 1. The van der Waals surface area contributed by atoms with Crippen LogP contribution >= 0.6 is 11.3 Å². The third kappa shape index (κ3) is 3.98. The Hall–Kier alpha value is -3.04. The molecule has 0 saturated carbocycles. The number of aromatic nitrogens is 2. The van der Waals surface area contributed by atoms with Gasteiger partial charge >= 0.3 is 0 Å². The Kier molecular flexibility index (Phi) is 5.29. The molecular weight excluding hydrogens is 414 g/mol. The first-order valence-corrected chi connectivity index (χ1v) is 11.2. The molecule has 2 aliphatic rings. The summed E-state index contributed by atoms with van der Waals surface area (Å²) >= 11 is 1.55. The normalized spacial score (nSPS) is 23.4. The number of rotatable bonds is 5. The van der Waals surface area contributed by atoms with E-state index in [2.05, 4.69) is 25.7 Å². The average molecular weight is 438 g/mol. The zero-order chi connectivity index (χ0) is 21.4. The molecule has 4 heterocycles. The molecule has 8 nitrogen and oxygen atoms in total. The topological polar surface area (TPSA) is 100 Å². The highest BCUT2D eigenvalue weighted by Gasteiger charge is 2.44. The van der Waals surface area contributed by atoms with Crippen LogP contribution < -0.4 is 10.6 Å². The molecule has 0 spiro atoms. The molecule has 2 fully saturated rings. The van der Waals surface area contributed by atoms with Gasteiger partial charge in [0.15, 0.2) is 0 Å². The Morgan fingerprint density at radius 1 is 1.29 bits per heavy atom. The van der Waals surface area contributed by atoms with E-state index in [9.17, 15) is 9.59 Å². The van der Waals surface area contributed by atoms with Gasteiger partial charge < -0.3 is 15.1 Å². The molecule has 160 valence electrons. The molecule has 0 aliphatic carbocycles. The van der Waals surface area contributed by atoms with Crippen molar-refractivity contribution in [3.8, 4) is 10.8 Å². The van der Waals surface area contributed by atoms with Crippen LogP contribution in [0.3, 0.4) is 0 Å². The van der Waals surface area contributed by atoms with Gasteiger partial charge in [-0.25, -0.2) is 0 Å². The van der Waals surface area contributed by atoms with Crippen LogP contribution in [0, 0.1) is 6.92 Å². The minimum absolute atomic E-state index is 0.00805. The third-order valence-corrected chi connectivity index (χ3v) is 6.81. The number of benzene rings is 1. The standard InChI is InChI=1S/C22H23N5O3S/c1-13-5-2-3-6-16(13)20(28)24-14-9-17-21(29)23-11-15(27(17)12-14)10-19-25-26-22(30-19)18-7-4-8-31-18/h2-8,14-15,17H,9-12H2,1H3,(H,23,29)(H,24,28)/t14-,15+,17-/m0/s1. The van der Waals surface area contributed by atoms with Gasteiger partial charge in [0.05, 0.1) is 10.9 Å². The number of carbonyl (C=O) groups excluding carboxylic acids is 2. The number of amides is 2. The van der Waals surface area contributed by atoms with Gasteiger partial charge in [-0.1, -0.05) is 24.3 Å². The lowest BCUT2D eigenvalue weighted by Crippen LogP contribution is -2.58. The highest BCUT2D eigenvalue weighted by Crippen LogP contribution is 2.27. The molecule has 5 rings (SSSR count). The Morgan fingerprint density at radius 3 is 2.97 bits per heavy atom. The van der Waals surface area contributed by atoms with E-state index in [0.717, 1.165) is 10.4 Å². The van der Waals surface area contributed by atoms with Crippen molar-refractivity contribution in [3.63, 3.8) is 0 Å². The molecule has 1 aromatic carbocycles. The van der Waals surface area contributed by atoms with E-state index in [4.69, 9.17) is 4.42 Å². The second-order valence-electron chi connectivity index (χ2n) is 8.01. The van der Waals surface area contributed by atoms with Crippen LogP contribution in [0.15, 0.2) is 46.2 Å². The van der Waals surface area contributed by atoms with Gasteiger partial charge in [-0.2, -0.15) is 0 Å². The van der Waals surface area contributed by atoms with Crippen LogP contribution in [0.1, 0.15) is 28.2 Å². The Balaban J connectivity index is 1.27. The van der Waals surface area contributed by atoms with Crippen LogP contribution in [0.4, 0.5) is 0 Å². The van der Waals surface area contributed by atoms with Gasteiger partial charge in [0.1, 0.15) is 0 Å². The number of thiophene rings is 1. The van der Waals surface area contributed by atoms with Gasteiger partial charge in [-0.15, -0.1) is 21.5 Å². The van der Waals surface area contributed by atoms with E-state index in [1.807, 2.05) is 48.7 Å². The number of nitrogens with zero attached hydrogens (tertiary/aromatic N) is 3. The summed E-state index contributed by atoms with van der Waals surface area (Å²) in [7, 11) is 0. The molecule has 2 aromatic heterocycles. The lowest BCUT2D eigenvalue weighted by Gasteiger charge is -2.36. The summed E-state index contributed by atoms with van der Waals surface area (Å²) in [5, 5.41) is 16.4. The average Bonchev–Trinajstić information content (AvgIpc) is 3.50. The minimum atomic E-state index is -0.263. The SMILES string of the molecule is Cc1ccccc1C(=O)N[C@H]1C[C@H]2C(=O)NC[C@@H](Cc3nnc(-c4cccs4)o3)N2C1. The summed E-state index contributed by atoms with van der Waals surface area (Å²) < 4.78 is 5.85. The molecule has 2 amide bonds. The number of carbonyl (C=O) groups is 2. The number of hydrogen-bond acceptors (Lipinski definition) is 7. The first kappa shape index (κ1) is 19.9. The quantitative estimate of drug-likeness (QED) is 0.634. The zero-order valence-electron chi connectivity index (χ0n) is 17.1. The Labute approximate surface area is 183 Å². The fourth-order valence-corrected chi connectivity index (χ4v) is 5.04. The predicted molar refractivity (Wildman–Crippen MR) is 116 cm³/mol. The fraction of sp³-hybridized carbons (Fsp3) is 0.364. The number of aryl methyl sites for hydroxylation is 1. The van der Waals surface area contributed by atoms with E-state index in [-0.39, 0.29) is 29.9 Å². The maximum absolute atomic E-state index is 12.7. The molecule has 2 aliphatic heterocycles. The fourth-order valence-electron chi connectivity index (χ4n) is 4.40. The lowest BCUT2D eigenvalue weighted by molar-refractivity contribution is -0.129. The van der Waals surface area contributed by atoms with Crippen LogP contribution in [0.25, 0.3) is 10.8 Å². The van der Waals surface area contributed by atoms with Crippen molar-refractivity contribution in [2.24, 2.45) is 0 Å². The highest BCUT2D eigenvalue weighted by molar-refractivity contribution is 7.13. The second-order valence-corrected chi connectivity index (χ2v) is 8.96. The van der Waals surface area contributed by atoms with Crippen molar-refractivity contribution in [2.75, 3.05) is 13.1 Å². The summed E-state index contributed by atoms with van der Waals surface area (Å²) in [5.41, 5.74) is 1.60. The number of fused-ring (bicyclic) bond motifs is 1. The maximum Gasteiger partial charge on any atom is 0.257 e. The maximum atomic E-state index is 12.7. The van der Waals surface area contributed by atoms with Crippen molar-refractivity contribution >= 4 is 23.2 Å². The number of hydrogen-bond donors (Lipinski definition) is 2. The van der Waals surface area contributed by atoms with Crippen molar-refractivity contribution in [1.82, 2.24) is 25.7 Å². The van der Waals surface area contributed by atoms with Gasteiger partial charge in [0, 0.05) is 37.2 Å². The molecule has 0 unspecified atom stereocenters. The first-order valence-electron chi connectivity index (χ1n) is 10.3. The number of nitrogens with one attached hydrogen (secondary N) is 2. The van der Waals surface area contributed by atoms with Crippen LogP contribution in [0.2, 0.25) is 0 Å². The largest absolute Gasteiger partial charge is 0.420 e. The van der Waals surface area contributed by atoms with Crippen molar-refractivity contribution in [1.29, 1.82) is 0 Å². The smallest absolute Gasteiger partial charge is 0.257 e. The van der Waals surface area contributed by atoms with E-state index >= 15 is 0 Å². The molecule has 31 heavy (non-hydrogen) atoms.